The number of ether oxygens (including phenoxy) is 1. The second kappa shape index (κ2) is 9.44. The molecule has 3 amide bonds. The molecule has 1 unspecified atom stereocenters. The molecule has 4 heterocycles. The molecular formula is C25H25N3O5S. The van der Waals surface area contributed by atoms with Crippen LogP contribution in [0.3, 0.4) is 0 Å². The molecule has 8 nitrogen and oxygen atoms in total. The average Bonchev–Trinajstić information content (AvgIpc) is 3.65. The van der Waals surface area contributed by atoms with Crippen molar-refractivity contribution in [1.29, 1.82) is 0 Å². The fraction of sp³-hybridized carbons (Fsp3) is 0.320. The topological polar surface area (TPSA) is 92.1 Å². The summed E-state index contributed by atoms with van der Waals surface area (Å²) >= 11 is 1.41. The highest BCUT2D eigenvalue weighted by molar-refractivity contribution is 7.12. The first-order valence-corrected chi connectivity index (χ1v) is 12.1. The Labute approximate surface area is 201 Å². The van der Waals surface area contributed by atoms with Gasteiger partial charge in [-0.2, -0.15) is 0 Å². The van der Waals surface area contributed by atoms with Gasteiger partial charge in [0.25, 0.3) is 11.8 Å². The van der Waals surface area contributed by atoms with E-state index in [0.29, 0.717) is 42.1 Å². The third-order valence-corrected chi connectivity index (χ3v) is 7.24. The second-order valence-corrected chi connectivity index (χ2v) is 9.33. The highest BCUT2D eigenvalue weighted by Gasteiger charge is 2.54. The number of nitrogens with zero attached hydrogens (tertiary/aromatic N) is 2. The summed E-state index contributed by atoms with van der Waals surface area (Å²) in [4.78, 5) is 43.7. The number of rotatable bonds is 5. The molecule has 2 aromatic heterocycles. The van der Waals surface area contributed by atoms with Gasteiger partial charge < -0.3 is 19.4 Å². The number of likely N-dealkylation sites (tertiary alicyclic amines) is 1. The van der Waals surface area contributed by atoms with Crippen LogP contribution in [-0.2, 0) is 16.1 Å². The summed E-state index contributed by atoms with van der Waals surface area (Å²) < 4.78 is 11.5. The Bertz CT molecular complexity index is 1140. The smallest absolute Gasteiger partial charge is 0.263 e. The number of hydrogen-bond acceptors (Lipinski definition) is 6. The second-order valence-electron chi connectivity index (χ2n) is 8.38. The molecule has 0 aliphatic carbocycles. The van der Waals surface area contributed by atoms with E-state index < -0.39 is 11.8 Å². The molecule has 34 heavy (non-hydrogen) atoms. The van der Waals surface area contributed by atoms with Gasteiger partial charge in [0.2, 0.25) is 5.91 Å². The number of carbonyl (C=O) groups is 3. The average molecular weight is 480 g/mol. The molecule has 0 radical (unpaired) electrons. The molecule has 176 valence electrons. The van der Waals surface area contributed by atoms with Crippen LogP contribution in [0.1, 0.15) is 38.6 Å². The lowest BCUT2D eigenvalue weighted by Crippen LogP contribution is -2.59. The summed E-state index contributed by atoms with van der Waals surface area (Å²) in [5.41, 5.74) is -0.445. The molecule has 0 bridgehead atoms. The number of hydrogen-bond donors (Lipinski definition) is 1. The first-order chi connectivity index (χ1) is 16.6. The van der Waals surface area contributed by atoms with Gasteiger partial charge in [0, 0.05) is 31.5 Å². The van der Waals surface area contributed by atoms with Crippen LogP contribution < -0.4 is 5.32 Å². The number of furan rings is 1. The lowest BCUT2D eigenvalue weighted by molar-refractivity contribution is -0.128. The summed E-state index contributed by atoms with van der Waals surface area (Å²) in [6.07, 6.45) is 2.42. The Morgan fingerprint density at radius 2 is 1.79 bits per heavy atom. The van der Waals surface area contributed by atoms with Crippen LogP contribution in [0.2, 0.25) is 0 Å². The van der Waals surface area contributed by atoms with Gasteiger partial charge in [0.05, 0.1) is 24.3 Å². The van der Waals surface area contributed by atoms with Gasteiger partial charge in [-0.15, -0.1) is 11.3 Å². The molecule has 0 saturated carbocycles. The van der Waals surface area contributed by atoms with Gasteiger partial charge in [0.15, 0.2) is 0 Å². The van der Waals surface area contributed by atoms with Crippen molar-refractivity contribution in [3.63, 3.8) is 0 Å². The standard InChI is InChI=1S/C25H25N3O5S/c29-22(26-16-19-8-4-14-32-19)20-17-33-25(28(20)23(30)18-6-2-1-3-7-18)10-12-27(13-11-25)24(31)21-9-5-15-34-21/h1-9,14-15,20H,10-13,16-17H2,(H,26,29). The van der Waals surface area contributed by atoms with Crippen LogP contribution in [0.5, 0.6) is 0 Å². The van der Waals surface area contributed by atoms with E-state index >= 15 is 0 Å². The van der Waals surface area contributed by atoms with Gasteiger partial charge in [-0.1, -0.05) is 24.3 Å². The minimum absolute atomic E-state index is 0.0171. The number of thiophene rings is 1. The third kappa shape index (κ3) is 4.24. The normalized spacial score (nSPS) is 19.4. The highest BCUT2D eigenvalue weighted by atomic mass is 32.1. The monoisotopic (exact) mass is 479 g/mol. The lowest BCUT2D eigenvalue weighted by Gasteiger charge is -2.44. The largest absolute Gasteiger partial charge is 0.467 e. The maximum atomic E-state index is 13.6. The maximum absolute atomic E-state index is 13.6. The van der Waals surface area contributed by atoms with Crippen molar-refractivity contribution in [3.05, 3.63) is 82.4 Å². The molecular weight excluding hydrogens is 454 g/mol. The van der Waals surface area contributed by atoms with Crippen LogP contribution in [0.25, 0.3) is 0 Å². The van der Waals surface area contributed by atoms with Crippen molar-refractivity contribution in [1.82, 2.24) is 15.1 Å². The fourth-order valence-corrected chi connectivity index (χ4v) is 5.30. The zero-order valence-corrected chi connectivity index (χ0v) is 19.3. The zero-order chi connectivity index (χ0) is 23.5. The summed E-state index contributed by atoms with van der Waals surface area (Å²) in [7, 11) is 0. The van der Waals surface area contributed by atoms with Gasteiger partial charge in [-0.25, -0.2) is 0 Å². The predicted molar refractivity (Wildman–Crippen MR) is 125 cm³/mol. The van der Waals surface area contributed by atoms with E-state index in [1.165, 1.54) is 11.3 Å². The van der Waals surface area contributed by atoms with Crippen molar-refractivity contribution in [3.8, 4) is 0 Å². The number of amides is 3. The van der Waals surface area contributed by atoms with Crippen molar-refractivity contribution in [2.45, 2.75) is 31.2 Å². The van der Waals surface area contributed by atoms with Gasteiger partial charge in [-0.3, -0.25) is 19.3 Å². The van der Waals surface area contributed by atoms with Crippen molar-refractivity contribution < 1.29 is 23.5 Å². The molecule has 9 heteroatoms. The van der Waals surface area contributed by atoms with Crippen LogP contribution in [0, 0.1) is 0 Å². The molecule has 1 aromatic carbocycles. The van der Waals surface area contributed by atoms with Crippen molar-refractivity contribution in [2.75, 3.05) is 19.7 Å². The first-order valence-electron chi connectivity index (χ1n) is 11.2. The first kappa shape index (κ1) is 22.4. The van der Waals surface area contributed by atoms with Crippen molar-refractivity contribution in [2.24, 2.45) is 0 Å². The van der Waals surface area contributed by atoms with Crippen LogP contribution in [0.4, 0.5) is 0 Å². The Hall–Kier alpha value is -3.43. The van der Waals surface area contributed by atoms with E-state index in [2.05, 4.69) is 5.32 Å². The number of benzene rings is 1. The van der Waals surface area contributed by atoms with Gasteiger partial charge in [-0.05, 0) is 35.7 Å². The van der Waals surface area contributed by atoms with E-state index in [-0.39, 0.29) is 30.9 Å². The summed E-state index contributed by atoms with van der Waals surface area (Å²) in [6, 6.07) is 15.3. The van der Waals surface area contributed by atoms with Gasteiger partial charge in [0.1, 0.15) is 17.5 Å². The molecule has 1 atom stereocenters. The van der Waals surface area contributed by atoms with E-state index in [9.17, 15) is 14.4 Å². The van der Waals surface area contributed by atoms with E-state index in [0.717, 1.165) is 0 Å². The summed E-state index contributed by atoms with van der Waals surface area (Å²) in [5, 5.41) is 4.74. The molecule has 2 aliphatic heterocycles. The summed E-state index contributed by atoms with van der Waals surface area (Å²) in [5.74, 6) is 0.0590. The zero-order valence-electron chi connectivity index (χ0n) is 18.5. The molecule has 1 N–H and O–H groups in total. The van der Waals surface area contributed by atoms with Crippen LogP contribution in [0.15, 0.2) is 70.7 Å². The minimum Gasteiger partial charge on any atom is -0.467 e. The quantitative estimate of drug-likeness (QED) is 0.607. The van der Waals surface area contributed by atoms with Crippen LogP contribution in [-0.4, -0.2) is 59.0 Å². The Kier molecular flexibility index (Phi) is 6.21. The number of piperidine rings is 1. The number of nitrogens with one attached hydrogen (secondary N) is 1. The minimum atomic E-state index is -0.939. The van der Waals surface area contributed by atoms with Crippen LogP contribution >= 0.6 is 11.3 Å². The summed E-state index contributed by atoms with van der Waals surface area (Å²) in [6.45, 7) is 1.21. The highest BCUT2D eigenvalue weighted by Crippen LogP contribution is 2.39. The van der Waals surface area contributed by atoms with Gasteiger partial charge >= 0.3 is 0 Å². The molecule has 2 aliphatic rings. The molecule has 3 aromatic rings. The lowest BCUT2D eigenvalue weighted by atomic mass is 9.96. The maximum Gasteiger partial charge on any atom is 0.263 e. The molecule has 2 saturated heterocycles. The fourth-order valence-electron chi connectivity index (χ4n) is 4.61. The van der Waals surface area contributed by atoms with E-state index in [4.69, 9.17) is 9.15 Å². The third-order valence-electron chi connectivity index (χ3n) is 6.38. The van der Waals surface area contributed by atoms with E-state index in [1.807, 2.05) is 23.6 Å². The molecule has 2 fully saturated rings. The SMILES string of the molecule is O=C(NCc1ccco1)C1COC2(CCN(C(=O)c3cccs3)CC2)N1C(=O)c1ccccc1. The Morgan fingerprint density at radius 3 is 2.47 bits per heavy atom. The van der Waals surface area contributed by atoms with Crippen molar-refractivity contribution >= 4 is 29.1 Å². The molecule has 1 spiro atoms. The Morgan fingerprint density at radius 1 is 1.00 bits per heavy atom. The number of carbonyl (C=O) groups excluding carboxylic acids is 3. The predicted octanol–water partition coefficient (Wildman–Crippen LogP) is 3.13. The van der Waals surface area contributed by atoms with E-state index in [1.54, 1.807) is 52.5 Å². The Balaban J connectivity index is 1.36. The molecule has 5 rings (SSSR count).